The lowest BCUT2D eigenvalue weighted by Crippen LogP contribution is -2.81. The Hall–Kier alpha value is -4.03. The van der Waals surface area contributed by atoms with E-state index in [1.807, 2.05) is 6.07 Å². The standard InChI is InChI=1S/C45H56BrNO14/c1-23-29(60-39(54)34(52)33(28-17-13-10-14-18-28)47-40(55)43(8,46)24(2)48)20-45(56)38(57-21-27-15-11-9-12-16-27)36-42(7,30(51)19-31-44(36,22-58-31)61-26(4)50)37(53)35(59-25(3)49)32(23)41(45,5)6/h9-18,24,29-31,33-36,38,48,51-52,56H,19-22H2,1-8H3,(H,47,55)/t24-,29+,30+,31?,33+,34-,35-,36+,38+,42-,43-,44+,45-/m1/s1. The van der Waals surface area contributed by atoms with Gasteiger partial charge in [-0.3, -0.25) is 19.2 Å². The summed E-state index contributed by atoms with van der Waals surface area (Å²) in [6.07, 6.45) is -10.8. The highest BCUT2D eigenvalue weighted by Crippen LogP contribution is 2.64. The van der Waals surface area contributed by atoms with Gasteiger partial charge in [-0.1, -0.05) is 90.4 Å². The number of alkyl halides is 1. The van der Waals surface area contributed by atoms with E-state index in [1.54, 1.807) is 75.4 Å². The monoisotopic (exact) mass is 913 g/mol. The number of esters is 3. The lowest BCUT2D eigenvalue weighted by molar-refractivity contribution is -0.351. The number of ketones is 1. The molecule has 1 unspecified atom stereocenters. The normalized spacial score (nSPS) is 34.0. The van der Waals surface area contributed by atoms with Gasteiger partial charge >= 0.3 is 17.9 Å². The fraction of sp³-hybridized carbons (Fsp3) is 0.578. The summed E-state index contributed by atoms with van der Waals surface area (Å²) in [4.78, 5) is 69.2. The third-order valence-corrected chi connectivity index (χ3v) is 14.7. The lowest BCUT2D eigenvalue weighted by atomic mass is 9.44. The number of fused-ring (bicyclic) bond motifs is 5. The number of hydrogen-bond donors (Lipinski definition) is 5. The zero-order valence-electron chi connectivity index (χ0n) is 35.5. The molecule has 1 heterocycles. The van der Waals surface area contributed by atoms with Crippen LogP contribution in [0.15, 0.2) is 71.8 Å². The van der Waals surface area contributed by atoms with E-state index in [0.29, 0.717) is 11.1 Å². The molecule has 2 bridgehead atoms. The number of carbonyl (C=O) groups excluding carboxylic acids is 5. The number of benzene rings is 2. The van der Waals surface area contributed by atoms with Gasteiger partial charge < -0.3 is 49.4 Å². The van der Waals surface area contributed by atoms with Crippen molar-refractivity contribution >= 4 is 45.5 Å². The van der Waals surface area contributed by atoms with Gasteiger partial charge in [0.1, 0.15) is 22.1 Å². The summed E-state index contributed by atoms with van der Waals surface area (Å²) in [6.45, 7) is 11.2. The summed E-state index contributed by atoms with van der Waals surface area (Å²) in [7, 11) is 0. The van der Waals surface area contributed by atoms with Gasteiger partial charge in [0, 0.05) is 38.0 Å². The minimum Gasteiger partial charge on any atom is -0.456 e. The first-order valence-corrected chi connectivity index (χ1v) is 21.2. The van der Waals surface area contributed by atoms with E-state index in [0.717, 1.165) is 6.92 Å². The Labute approximate surface area is 363 Å². The Morgan fingerprint density at radius 1 is 0.984 bits per heavy atom. The number of nitrogens with one attached hydrogen (secondary N) is 1. The second-order valence-electron chi connectivity index (χ2n) is 17.8. The molecule has 2 saturated carbocycles. The molecule has 332 valence electrons. The first kappa shape index (κ1) is 46.5. The molecule has 4 aliphatic rings. The van der Waals surface area contributed by atoms with Crippen LogP contribution in [0, 0.1) is 16.7 Å². The van der Waals surface area contributed by atoms with Crippen LogP contribution in [0.3, 0.4) is 0 Å². The maximum atomic E-state index is 15.5. The van der Waals surface area contributed by atoms with Crippen molar-refractivity contribution in [1.82, 2.24) is 5.32 Å². The first-order valence-electron chi connectivity index (χ1n) is 20.4. The van der Waals surface area contributed by atoms with Crippen molar-refractivity contribution in [1.29, 1.82) is 0 Å². The maximum Gasteiger partial charge on any atom is 0.338 e. The molecular formula is C45H56BrNO14. The highest BCUT2D eigenvalue weighted by molar-refractivity contribution is 9.10. The van der Waals surface area contributed by atoms with Crippen molar-refractivity contribution in [2.24, 2.45) is 16.7 Å². The van der Waals surface area contributed by atoms with Gasteiger partial charge in [0.05, 0.1) is 43.0 Å². The lowest BCUT2D eigenvalue weighted by Gasteiger charge is -2.67. The first-order chi connectivity index (χ1) is 28.4. The summed E-state index contributed by atoms with van der Waals surface area (Å²) < 4.78 is 29.3. The number of halogens is 1. The molecule has 13 atom stereocenters. The number of aliphatic hydroxyl groups is 4. The van der Waals surface area contributed by atoms with Crippen LogP contribution in [0.5, 0.6) is 0 Å². The molecule has 5 N–H and O–H groups in total. The summed E-state index contributed by atoms with van der Waals surface area (Å²) in [5.74, 6) is -5.62. The molecule has 1 aliphatic heterocycles. The van der Waals surface area contributed by atoms with Gasteiger partial charge in [-0.25, -0.2) is 4.79 Å². The van der Waals surface area contributed by atoms with Crippen LogP contribution in [-0.4, -0.2) is 115 Å². The van der Waals surface area contributed by atoms with E-state index < -0.39 is 117 Å². The fourth-order valence-corrected chi connectivity index (χ4v) is 10.0. The van der Waals surface area contributed by atoms with Crippen LogP contribution < -0.4 is 5.32 Å². The Morgan fingerprint density at radius 3 is 2.13 bits per heavy atom. The van der Waals surface area contributed by atoms with E-state index >= 15 is 4.79 Å². The van der Waals surface area contributed by atoms with E-state index in [1.165, 1.54) is 27.7 Å². The second-order valence-corrected chi connectivity index (χ2v) is 19.4. The molecule has 3 aliphatic carbocycles. The summed E-state index contributed by atoms with van der Waals surface area (Å²) in [5.41, 5.74) is -5.89. The zero-order chi connectivity index (χ0) is 45.0. The molecule has 2 aromatic rings. The van der Waals surface area contributed by atoms with Crippen LogP contribution in [0.25, 0.3) is 0 Å². The minimum absolute atomic E-state index is 0.0855. The third-order valence-electron chi connectivity index (χ3n) is 13.7. The van der Waals surface area contributed by atoms with Gasteiger partial charge in [0.25, 0.3) is 0 Å². The third kappa shape index (κ3) is 7.87. The molecule has 0 radical (unpaired) electrons. The highest BCUT2D eigenvalue weighted by atomic mass is 79.9. The Bertz CT molecular complexity index is 2060. The molecule has 1 saturated heterocycles. The number of hydrogen-bond acceptors (Lipinski definition) is 14. The van der Waals surface area contributed by atoms with Gasteiger partial charge in [0.15, 0.2) is 23.6 Å². The highest BCUT2D eigenvalue weighted by Gasteiger charge is 2.77. The zero-order valence-corrected chi connectivity index (χ0v) is 37.1. The summed E-state index contributed by atoms with van der Waals surface area (Å²) in [5, 5.41) is 50.5. The largest absolute Gasteiger partial charge is 0.456 e. The molecule has 61 heavy (non-hydrogen) atoms. The van der Waals surface area contributed by atoms with E-state index in [9.17, 15) is 39.6 Å². The Morgan fingerprint density at radius 2 is 1.59 bits per heavy atom. The van der Waals surface area contributed by atoms with E-state index in [2.05, 4.69) is 21.2 Å². The number of aliphatic hydroxyl groups excluding tert-OH is 3. The van der Waals surface area contributed by atoms with Gasteiger partial charge in [-0.2, -0.15) is 0 Å². The number of Topliss-reactive ketones (excluding diaryl/α,β-unsaturated/α-hetero) is 1. The van der Waals surface area contributed by atoms with Crippen molar-refractivity contribution in [3.8, 4) is 0 Å². The van der Waals surface area contributed by atoms with Gasteiger partial charge in [-0.15, -0.1) is 0 Å². The molecule has 0 aromatic heterocycles. The number of carbonyl (C=O) groups is 5. The molecule has 2 aromatic carbocycles. The minimum atomic E-state index is -2.18. The van der Waals surface area contributed by atoms with Crippen LogP contribution in [0.4, 0.5) is 0 Å². The molecule has 16 heteroatoms. The molecule has 6 rings (SSSR count). The van der Waals surface area contributed by atoms with Crippen molar-refractivity contribution in [3.63, 3.8) is 0 Å². The Kier molecular flexibility index (Phi) is 12.9. The number of rotatable bonds is 12. The predicted octanol–water partition coefficient (Wildman–Crippen LogP) is 3.32. The quantitative estimate of drug-likeness (QED) is 0.0893. The van der Waals surface area contributed by atoms with Crippen molar-refractivity contribution < 1.29 is 68.1 Å². The Balaban J connectivity index is 1.52. The van der Waals surface area contributed by atoms with Crippen LogP contribution >= 0.6 is 15.9 Å². The summed E-state index contributed by atoms with van der Waals surface area (Å²) >= 11 is 3.25. The van der Waals surface area contributed by atoms with E-state index in [-0.39, 0.29) is 30.8 Å². The summed E-state index contributed by atoms with van der Waals surface area (Å²) in [6, 6.07) is 15.8. The van der Waals surface area contributed by atoms with E-state index in [4.69, 9.17) is 23.7 Å². The van der Waals surface area contributed by atoms with Crippen molar-refractivity contribution in [2.75, 3.05) is 6.61 Å². The maximum absolute atomic E-state index is 15.5. The smallest absolute Gasteiger partial charge is 0.338 e. The topological polar surface area (TPSA) is 224 Å². The van der Waals surface area contributed by atoms with Crippen LogP contribution in [0.2, 0.25) is 0 Å². The molecule has 3 fully saturated rings. The SMILES string of the molecule is CC(=O)O[C@H]1C(=O)[C@]2(C)[C@@H](O)CC3OC[C@@]3(OC(C)=O)[C@H]2[C@H](OCc2ccccc2)[C@]2(O)C[C@H](OC(=O)[C@H](O)[C@@H](NC(=O)[C@](C)(Br)[C@@H](C)O)c3ccccc3)C(C)=C1C2(C)C. The van der Waals surface area contributed by atoms with Gasteiger partial charge in [0.2, 0.25) is 5.91 Å². The van der Waals surface area contributed by atoms with Gasteiger partial charge in [-0.05, 0) is 50.0 Å². The average Bonchev–Trinajstić information content (AvgIpc) is 3.19. The van der Waals surface area contributed by atoms with Crippen LogP contribution in [0.1, 0.15) is 85.4 Å². The average molecular weight is 915 g/mol. The fourth-order valence-electron chi connectivity index (χ4n) is 9.91. The van der Waals surface area contributed by atoms with Crippen molar-refractivity contribution in [3.05, 3.63) is 82.9 Å². The number of ether oxygens (including phenoxy) is 5. The predicted molar refractivity (Wildman–Crippen MR) is 220 cm³/mol. The molecule has 0 spiro atoms. The second kappa shape index (κ2) is 16.9. The van der Waals surface area contributed by atoms with Crippen LogP contribution in [-0.2, 0) is 54.3 Å². The molecule has 15 nitrogen and oxygen atoms in total. The molecular weight excluding hydrogens is 858 g/mol. The van der Waals surface area contributed by atoms with Crippen molar-refractivity contribution in [2.45, 2.75) is 139 Å². The molecule has 1 amide bonds. The number of amides is 1.